The fourth-order valence-corrected chi connectivity index (χ4v) is 0.631. The lowest BCUT2D eigenvalue weighted by atomic mass is 10.6. The molecule has 0 aliphatic heterocycles. The van der Waals surface area contributed by atoms with E-state index in [1.165, 1.54) is 0 Å². The third-order valence-corrected chi connectivity index (χ3v) is 1.21. The number of esters is 1. The molecule has 0 amide bonds. The minimum absolute atomic E-state index is 0.186. The SMILES string of the molecule is CCOC(=O)CNCI. The molecule has 0 aliphatic carbocycles. The molecule has 0 heterocycles. The second-order valence-electron chi connectivity index (χ2n) is 1.37. The number of ether oxygens (including phenoxy) is 1. The molecule has 0 unspecified atom stereocenters. The number of nitrogens with one attached hydrogen (secondary N) is 1. The van der Waals surface area contributed by atoms with E-state index in [2.05, 4.69) is 32.6 Å². The van der Waals surface area contributed by atoms with E-state index in [0.717, 1.165) is 4.55 Å². The minimum Gasteiger partial charge on any atom is -0.465 e. The quantitative estimate of drug-likeness (QED) is 0.339. The first-order valence-corrected chi connectivity index (χ1v) is 4.26. The van der Waals surface area contributed by atoms with E-state index in [-0.39, 0.29) is 5.97 Å². The molecule has 0 bridgehead atoms. The molecular formula is C5H10INO2. The van der Waals surface area contributed by atoms with E-state index in [9.17, 15) is 4.79 Å². The van der Waals surface area contributed by atoms with Crippen LogP contribution in [0.15, 0.2) is 0 Å². The van der Waals surface area contributed by atoms with Crippen LogP contribution >= 0.6 is 22.6 Å². The molecule has 0 aromatic rings. The molecular weight excluding hydrogens is 233 g/mol. The highest BCUT2D eigenvalue weighted by atomic mass is 127. The van der Waals surface area contributed by atoms with Crippen molar-refractivity contribution in [2.45, 2.75) is 6.92 Å². The van der Waals surface area contributed by atoms with Gasteiger partial charge in [0.2, 0.25) is 0 Å². The monoisotopic (exact) mass is 243 g/mol. The molecule has 54 valence electrons. The largest absolute Gasteiger partial charge is 0.465 e. The van der Waals surface area contributed by atoms with Gasteiger partial charge in [-0.25, -0.2) is 0 Å². The van der Waals surface area contributed by atoms with E-state index in [1.807, 2.05) is 0 Å². The number of hydrogen-bond acceptors (Lipinski definition) is 3. The fourth-order valence-electron chi connectivity index (χ4n) is 0.361. The maximum absolute atomic E-state index is 10.5. The molecule has 0 atom stereocenters. The van der Waals surface area contributed by atoms with Gasteiger partial charge in [-0.2, -0.15) is 0 Å². The molecule has 9 heavy (non-hydrogen) atoms. The van der Waals surface area contributed by atoms with Crippen LogP contribution in [-0.2, 0) is 9.53 Å². The van der Waals surface area contributed by atoms with Gasteiger partial charge in [-0.05, 0) is 6.92 Å². The van der Waals surface area contributed by atoms with Gasteiger partial charge in [-0.3, -0.25) is 10.1 Å². The van der Waals surface area contributed by atoms with Crippen molar-refractivity contribution in [3.63, 3.8) is 0 Å². The van der Waals surface area contributed by atoms with E-state index in [4.69, 9.17) is 0 Å². The smallest absolute Gasteiger partial charge is 0.319 e. The Morgan fingerprint density at radius 2 is 2.44 bits per heavy atom. The van der Waals surface area contributed by atoms with E-state index < -0.39 is 0 Å². The Balaban J connectivity index is 3.06. The molecule has 0 aromatic carbocycles. The molecule has 0 radical (unpaired) electrons. The van der Waals surface area contributed by atoms with Crippen LogP contribution in [0, 0.1) is 0 Å². The number of hydrogen-bond donors (Lipinski definition) is 1. The van der Waals surface area contributed by atoms with Gasteiger partial charge in [0, 0.05) is 4.55 Å². The zero-order valence-electron chi connectivity index (χ0n) is 5.32. The van der Waals surface area contributed by atoms with Crippen LogP contribution in [0.4, 0.5) is 0 Å². The summed E-state index contributed by atoms with van der Waals surface area (Å²) in [6.45, 7) is 2.57. The maximum Gasteiger partial charge on any atom is 0.319 e. The summed E-state index contributed by atoms with van der Waals surface area (Å²) in [5.41, 5.74) is 0. The number of carbonyl (C=O) groups excluding carboxylic acids is 1. The van der Waals surface area contributed by atoms with Crippen LogP contribution in [0.5, 0.6) is 0 Å². The summed E-state index contributed by atoms with van der Waals surface area (Å²) < 4.78 is 5.41. The third-order valence-electron chi connectivity index (χ3n) is 0.669. The minimum atomic E-state index is -0.186. The molecule has 0 spiro atoms. The average Bonchev–Trinajstić information content (AvgIpc) is 1.85. The van der Waals surface area contributed by atoms with E-state index >= 15 is 0 Å². The average molecular weight is 243 g/mol. The van der Waals surface area contributed by atoms with Crippen molar-refractivity contribution in [1.29, 1.82) is 0 Å². The molecule has 3 nitrogen and oxygen atoms in total. The summed E-state index contributed by atoms with van der Waals surface area (Å²) in [5.74, 6) is -0.186. The van der Waals surface area contributed by atoms with Gasteiger partial charge < -0.3 is 4.74 Å². The van der Waals surface area contributed by atoms with Crippen LogP contribution in [0.25, 0.3) is 0 Å². The topological polar surface area (TPSA) is 38.3 Å². The highest BCUT2D eigenvalue weighted by molar-refractivity contribution is 14.1. The van der Waals surface area contributed by atoms with Gasteiger partial charge in [0.15, 0.2) is 0 Å². The van der Waals surface area contributed by atoms with Crippen molar-refractivity contribution >= 4 is 28.6 Å². The lowest BCUT2D eigenvalue weighted by Gasteiger charge is -1.99. The Morgan fingerprint density at radius 1 is 1.78 bits per heavy atom. The first kappa shape index (κ1) is 9.16. The van der Waals surface area contributed by atoms with Crippen LogP contribution in [0.2, 0.25) is 0 Å². The summed E-state index contributed by atoms with van der Waals surface area (Å²) in [5, 5.41) is 2.84. The second kappa shape index (κ2) is 6.28. The Kier molecular flexibility index (Phi) is 6.39. The lowest BCUT2D eigenvalue weighted by molar-refractivity contribution is -0.141. The molecule has 0 saturated heterocycles. The third kappa shape index (κ3) is 6.04. The van der Waals surface area contributed by atoms with Gasteiger partial charge in [0.1, 0.15) is 0 Å². The molecule has 1 N–H and O–H groups in total. The van der Waals surface area contributed by atoms with Crippen LogP contribution in [0.1, 0.15) is 6.92 Å². The summed E-state index contributed by atoms with van der Waals surface area (Å²) in [4.78, 5) is 10.5. The molecule has 0 rings (SSSR count). The van der Waals surface area contributed by atoms with Gasteiger partial charge in [0.05, 0.1) is 13.2 Å². The number of carbonyl (C=O) groups is 1. The summed E-state index contributed by atoms with van der Waals surface area (Å²) >= 11 is 2.13. The van der Waals surface area contributed by atoms with Gasteiger partial charge in [-0.15, -0.1) is 0 Å². The Labute approximate surface area is 68.3 Å². The van der Waals surface area contributed by atoms with Gasteiger partial charge in [-0.1, -0.05) is 22.6 Å². The van der Waals surface area contributed by atoms with Crippen molar-refractivity contribution in [1.82, 2.24) is 5.32 Å². The van der Waals surface area contributed by atoms with E-state index in [1.54, 1.807) is 6.92 Å². The summed E-state index contributed by atoms with van der Waals surface area (Å²) in [7, 11) is 0. The fraction of sp³-hybridized carbons (Fsp3) is 0.800. The first-order chi connectivity index (χ1) is 4.31. The Hall–Kier alpha value is 0.160. The van der Waals surface area contributed by atoms with Crippen molar-refractivity contribution in [3.05, 3.63) is 0 Å². The predicted octanol–water partition coefficient (Wildman–Crippen LogP) is 0.532. The Bertz CT molecular complexity index is 87.0. The number of rotatable bonds is 4. The van der Waals surface area contributed by atoms with Crippen molar-refractivity contribution in [3.8, 4) is 0 Å². The zero-order valence-corrected chi connectivity index (χ0v) is 7.47. The standard InChI is InChI=1S/C5H10INO2/c1-2-9-5(8)3-7-4-6/h7H,2-4H2,1H3. The molecule has 0 aliphatic rings. The highest BCUT2D eigenvalue weighted by Gasteiger charge is 1.96. The summed E-state index contributed by atoms with van der Waals surface area (Å²) in [6.07, 6.45) is 0. The van der Waals surface area contributed by atoms with Crippen molar-refractivity contribution in [2.75, 3.05) is 17.7 Å². The van der Waals surface area contributed by atoms with Crippen LogP contribution in [-0.4, -0.2) is 23.7 Å². The molecule has 0 aromatic heterocycles. The lowest BCUT2D eigenvalue weighted by Crippen LogP contribution is -2.23. The molecule has 0 fully saturated rings. The predicted molar refractivity (Wildman–Crippen MR) is 43.5 cm³/mol. The van der Waals surface area contributed by atoms with Crippen molar-refractivity contribution in [2.24, 2.45) is 0 Å². The zero-order chi connectivity index (χ0) is 7.11. The Morgan fingerprint density at radius 3 is 2.89 bits per heavy atom. The van der Waals surface area contributed by atoms with Crippen molar-refractivity contribution < 1.29 is 9.53 Å². The molecule has 4 heteroatoms. The van der Waals surface area contributed by atoms with Crippen LogP contribution in [0.3, 0.4) is 0 Å². The number of halogens is 1. The maximum atomic E-state index is 10.5. The summed E-state index contributed by atoms with van der Waals surface area (Å²) in [6, 6.07) is 0. The normalized spacial score (nSPS) is 9.11. The second-order valence-corrected chi connectivity index (χ2v) is 2.13. The van der Waals surface area contributed by atoms with Crippen LogP contribution < -0.4 is 5.32 Å². The highest BCUT2D eigenvalue weighted by Crippen LogP contribution is 1.77. The van der Waals surface area contributed by atoms with E-state index in [0.29, 0.717) is 13.2 Å². The molecule has 0 saturated carbocycles. The van der Waals surface area contributed by atoms with Gasteiger partial charge in [0.25, 0.3) is 0 Å². The number of alkyl halides is 1. The first-order valence-electron chi connectivity index (χ1n) is 2.73. The van der Waals surface area contributed by atoms with Gasteiger partial charge >= 0.3 is 5.97 Å².